The van der Waals surface area contributed by atoms with E-state index in [4.69, 9.17) is 26.2 Å². The van der Waals surface area contributed by atoms with Crippen molar-refractivity contribution in [2.75, 3.05) is 7.11 Å². The van der Waals surface area contributed by atoms with Crippen LogP contribution in [0.4, 0.5) is 0 Å². The number of methoxy groups -OCH3 is 1. The van der Waals surface area contributed by atoms with Crippen LogP contribution in [0.3, 0.4) is 0 Å². The first-order valence-electron chi connectivity index (χ1n) is 6.17. The Balaban J connectivity index is 2.00. The number of rotatable bonds is 4. The Morgan fingerprint density at radius 1 is 1.44 bits per heavy atom. The summed E-state index contributed by atoms with van der Waals surface area (Å²) < 4.78 is 11.2. The molecule has 1 aliphatic rings. The molecule has 1 heterocycles. The van der Waals surface area contributed by atoms with Gasteiger partial charge < -0.3 is 14.6 Å². The van der Waals surface area contributed by atoms with E-state index in [9.17, 15) is 0 Å². The van der Waals surface area contributed by atoms with Crippen LogP contribution in [-0.4, -0.2) is 29.4 Å². The van der Waals surface area contributed by atoms with Crippen molar-refractivity contribution in [2.45, 2.75) is 44.5 Å². The van der Waals surface area contributed by atoms with E-state index >= 15 is 0 Å². The zero-order chi connectivity index (χ0) is 13.0. The van der Waals surface area contributed by atoms with E-state index in [1.54, 1.807) is 13.2 Å². The lowest BCUT2D eigenvalue weighted by Gasteiger charge is -2.28. The third-order valence-electron chi connectivity index (χ3n) is 3.28. The molecule has 0 saturated heterocycles. The summed E-state index contributed by atoms with van der Waals surface area (Å²) in [5.41, 5.74) is 0.640. The zero-order valence-corrected chi connectivity index (χ0v) is 11.2. The Morgan fingerprint density at radius 2 is 2.22 bits per heavy atom. The molecule has 0 spiro atoms. The second-order valence-electron chi connectivity index (χ2n) is 4.54. The normalized spacial score (nSPS) is 23.9. The minimum Gasteiger partial charge on any atom is -0.474 e. The summed E-state index contributed by atoms with van der Waals surface area (Å²) in [6, 6.07) is 1.69. The fraction of sp³-hybridized carbons (Fsp3) is 0.615. The van der Waals surface area contributed by atoms with E-state index in [1.807, 2.05) is 0 Å². The van der Waals surface area contributed by atoms with Crippen LogP contribution in [0.15, 0.2) is 12.3 Å². The van der Waals surface area contributed by atoms with Crippen molar-refractivity contribution in [3.05, 3.63) is 22.8 Å². The molecule has 1 fully saturated rings. The smallest absolute Gasteiger partial charge is 0.213 e. The predicted octanol–water partition coefficient (Wildman–Crippen LogP) is 2.56. The van der Waals surface area contributed by atoms with Crippen molar-refractivity contribution in [3.63, 3.8) is 0 Å². The molecule has 0 amide bonds. The van der Waals surface area contributed by atoms with E-state index in [0.29, 0.717) is 16.5 Å². The number of ether oxygens (including phenoxy) is 2. The number of pyridine rings is 1. The highest BCUT2D eigenvalue weighted by atomic mass is 35.5. The molecule has 0 aromatic carbocycles. The number of halogens is 1. The molecule has 1 saturated carbocycles. The molecule has 1 aromatic rings. The number of aliphatic hydroxyl groups excluding tert-OH is 1. The van der Waals surface area contributed by atoms with Crippen LogP contribution < -0.4 is 4.74 Å². The largest absolute Gasteiger partial charge is 0.474 e. The standard InChI is InChI=1S/C13H18ClNO3/c1-17-10-3-2-4-11(6-10)18-13-5-9(8-16)12(14)7-15-13/h5,7,10-11,16H,2-4,6,8H2,1H3. The van der Waals surface area contributed by atoms with E-state index in [1.165, 1.54) is 6.20 Å². The van der Waals surface area contributed by atoms with Gasteiger partial charge in [-0.15, -0.1) is 0 Å². The van der Waals surface area contributed by atoms with Crippen LogP contribution in [0.1, 0.15) is 31.2 Å². The van der Waals surface area contributed by atoms with E-state index < -0.39 is 0 Å². The molecule has 2 atom stereocenters. The van der Waals surface area contributed by atoms with Crippen LogP contribution in [-0.2, 0) is 11.3 Å². The average Bonchev–Trinajstić information content (AvgIpc) is 2.41. The molecule has 1 N–H and O–H groups in total. The first-order valence-corrected chi connectivity index (χ1v) is 6.55. The molecule has 4 nitrogen and oxygen atoms in total. The molecule has 2 rings (SSSR count). The lowest BCUT2D eigenvalue weighted by atomic mass is 9.95. The number of aliphatic hydroxyl groups is 1. The molecule has 1 aliphatic carbocycles. The molecular formula is C13H18ClNO3. The minimum atomic E-state index is -0.108. The fourth-order valence-electron chi connectivity index (χ4n) is 2.24. The maximum absolute atomic E-state index is 9.14. The van der Waals surface area contributed by atoms with Gasteiger partial charge in [0, 0.05) is 31.4 Å². The molecule has 18 heavy (non-hydrogen) atoms. The van der Waals surface area contributed by atoms with Gasteiger partial charge in [0.2, 0.25) is 5.88 Å². The van der Waals surface area contributed by atoms with Crippen LogP contribution >= 0.6 is 11.6 Å². The Hall–Kier alpha value is -0.840. The van der Waals surface area contributed by atoms with Gasteiger partial charge in [-0.25, -0.2) is 4.98 Å². The SMILES string of the molecule is COC1CCCC(Oc2cc(CO)c(Cl)cn2)C1. The summed E-state index contributed by atoms with van der Waals surface area (Å²) in [5, 5.41) is 9.60. The molecule has 2 unspecified atom stereocenters. The number of aromatic nitrogens is 1. The average molecular weight is 272 g/mol. The van der Waals surface area contributed by atoms with Gasteiger partial charge in [0.25, 0.3) is 0 Å². The summed E-state index contributed by atoms with van der Waals surface area (Å²) in [6.45, 7) is -0.108. The quantitative estimate of drug-likeness (QED) is 0.914. The fourth-order valence-corrected chi connectivity index (χ4v) is 2.40. The topological polar surface area (TPSA) is 51.6 Å². The number of hydrogen-bond donors (Lipinski definition) is 1. The van der Waals surface area contributed by atoms with Crippen molar-refractivity contribution in [1.29, 1.82) is 0 Å². The highest BCUT2D eigenvalue weighted by Gasteiger charge is 2.23. The number of nitrogens with zero attached hydrogens (tertiary/aromatic N) is 1. The van der Waals surface area contributed by atoms with E-state index in [-0.39, 0.29) is 18.8 Å². The first kappa shape index (κ1) is 13.6. The second-order valence-corrected chi connectivity index (χ2v) is 4.94. The molecule has 5 heteroatoms. The number of hydrogen-bond acceptors (Lipinski definition) is 4. The predicted molar refractivity (Wildman–Crippen MR) is 68.9 cm³/mol. The molecule has 0 aliphatic heterocycles. The highest BCUT2D eigenvalue weighted by molar-refractivity contribution is 6.31. The van der Waals surface area contributed by atoms with Crippen molar-refractivity contribution >= 4 is 11.6 Å². The van der Waals surface area contributed by atoms with Gasteiger partial charge >= 0.3 is 0 Å². The first-order chi connectivity index (χ1) is 8.72. The van der Waals surface area contributed by atoms with Crippen LogP contribution in [0, 0.1) is 0 Å². The highest BCUT2D eigenvalue weighted by Crippen LogP contribution is 2.26. The van der Waals surface area contributed by atoms with Crippen molar-refractivity contribution < 1.29 is 14.6 Å². The molecular weight excluding hydrogens is 254 g/mol. The van der Waals surface area contributed by atoms with Gasteiger partial charge in [-0.2, -0.15) is 0 Å². The lowest BCUT2D eigenvalue weighted by molar-refractivity contribution is 0.0194. The van der Waals surface area contributed by atoms with Crippen LogP contribution in [0.2, 0.25) is 5.02 Å². The summed E-state index contributed by atoms with van der Waals surface area (Å²) in [5.74, 6) is 0.519. The molecule has 0 bridgehead atoms. The van der Waals surface area contributed by atoms with Crippen molar-refractivity contribution in [3.8, 4) is 5.88 Å². The van der Waals surface area contributed by atoms with E-state index in [0.717, 1.165) is 25.7 Å². The van der Waals surface area contributed by atoms with Gasteiger partial charge in [0.1, 0.15) is 6.10 Å². The minimum absolute atomic E-state index is 0.108. The summed E-state index contributed by atoms with van der Waals surface area (Å²) in [7, 11) is 1.73. The Morgan fingerprint density at radius 3 is 2.94 bits per heavy atom. The van der Waals surface area contributed by atoms with Crippen molar-refractivity contribution in [1.82, 2.24) is 4.98 Å². The molecule has 100 valence electrons. The summed E-state index contributed by atoms with van der Waals surface area (Å²) >= 11 is 5.89. The van der Waals surface area contributed by atoms with Gasteiger partial charge in [-0.1, -0.05) is 11.6 Å². The Bertz CT molecular complexity index is 400. The van der Waals surface area contributed by atoms with E-state index in [2.05, 4.69) is 4.98 Å². The lowest BCUT2D eigenvalue weighted by Crippen LogP contribution is -2.29. The summed E-state index contributed by atoms with van der Waals surface area (Å²) in [4.78, 5) is 4.13. The zero-order valence-electron chi connectivity index (χ0n) is 10.4. The van der Waals surface area contributed by atoms with Gasteiger partial charge in [-0.05, 0) is 19.3 Å². The Kier molecular flexibility index (Phi) is 4.80. The molecule has 1 aromatic heterocycles. The molecule has 0 radical (unpaired) electrons. The van der Waals surface area contributed by atoms with Crippen molar-refractivity contribution in [2.24, 2.45) is 0 Å². The summed E-state index contributed by atoms with van der Waals surface area (Å²) in [6.07, 6.45) is 6.00. The van der Waals surface area contributed by atoms with Crippen LogP contribution in [0.5, 0.6) is 5.88 Å². The maximum atomic E-state index is 9.14. The third kappa shape index (κ3) is 3.34. The van der Waals surface area contributed by atoms with Crippen LogP contribution in [0.25, 0.3) is 0 Å². The van der Waals surface area contributed by atoms with Gasteiger partial charge in [-0.3, -0.25) is 0 Å². The third-order valence-corrected chi connectivity index (χ3v) is 3.62. The maximum Gasteiger partial charge on any atom is 0.213 e. The Labute approximate surface area is 112 Å². The second kappa shape index (κ2) is 6.36. The monoisotopic (exact) mass is 271 g/mol. The van der Waals surface area contributed by atoms with Gasteiger partial charge in [0.05, 0.1) is 17.7 Å². The van der Waals surface area contributed by atoms with Gasteiger partial charge in [0.15, 0.2) is 0 Å².